The molecule has 7 nitrogen and oxygen atoms in total. The molecule has 4 rings (SSSR count). The first-order chi connectivity index (χ1) is 11.1. The van der Waals surface area contributed by atoms with Gasteiger partial charge in [-0.1, -0.05) is 0 Å². The molecule has 0 bridgehead atoms. The number of hydrogen-bond acceptors (Lipinski definition) is 5. The topological polar surface area (TPSA) is 103 Å². The zero-order valence-corrected chi connectivity index (χ0v) is 14.2. The van der Waals surface area contributed by atoms with Crippen molar-refractivity contribution >= 4 is 38.7 Å². The predicted molar refractivity (Wildman–Crippen MR) is 90.6 cm³/mol. The Kier molecular flexibility index (Phi) is 3.53. The van der Waals surface area contributed by atoms with E-state index in [0.717, 1.165) is 47.7 Å². The van der Waals surface area contributed by atoms with Crippen molar-refractivity contribution in [3.8, 4) is 0 Å². The van der Waals surface area contributed by atoms with Gasteiger partial charge in [0.2, 0.25) is 5.91 Å². The van der Waals surface area contributed by atoms with Crippen LogP contribution in [0, 0.1) is 0 Å². The second kappa shape index (κ2) is 5.45. The molecule has 8 heteroatoms. The number of anilines is 1. The van der Waals surface area contributed by atoms with Crippen molar-refractivity contribution in [3.63, 3.8) is 0 Å². The molecule has 122 valence electrons. The van der Waals surface area contributed by atoms with E-state index < -0.39 is 0 Å². The van der Waals surface area contributed by atoms with Crippen molar-refractivity contribution in [2.45, 2.75) is 43.8 Å². The molecule has 1 saturated heterocycles. The maximum absolute atomic E-state index is 11.6. The van der Waals surface area contributed by atoms with Gasteiger partial charge in [-0.25, -0.2) is 9.97 Å². The SMILES string of the molecule is NC(=O)[C@@H]1CCCN1C1CC(n2cc(Br)c3c(N)ncnc32)C1. The Bertz CT molecular complexity index is 769. The lowest BCUT2D eigenvalue weighted by atomic mass is 9.84. The van der Waals surface area contributed by atoms with E-state index in [2.05, 4.69) is 35.4 Å². The first-order valence-corrected chi connectivity index (χ1v) is 8.67. The summed E-state index contributed by atoms with van der Waals surface area (Å²) >= 11 is 3.55. The van der Waals surface area contributed by atoms with Crippen LogP contribution in [0.5, 0.6) is 0 Å². The molecule has 1 aliphatic carbocycles. The van der Waals surface area contributed by atoms with Crippen LogP contribution < -0.4 is 11.5 Å². The molecule has 1 atom stereocenters. The smallest absolute Gasteiger partial charge is 0.234 e. The van der Waals surface area contributed by atoms with Crippen molar-refractivity contribution in [3.05, 3.63) is 17.0 Å². The molecule has 0 spiro atoms. The number of amides is 1. The molecule has 2 fully saturated rings. The molecule has 2 aliphatic rings. The van der Waals surface area contributed by atoms with E-state index >= 15 is 0 Å². The van der Waals surface area contributed by atoms with Gasteiger partial charge < -0.3 is 16.0 Å². The summed E-state index contributed by atoms with van der Waals surface area (Å²) in [5.41, 5.74) is 12.3. The largest absolute Gasteiger partial charge is 0.383 e. The van der Waals surface area contributed by atoms with E-state index in [4.69, 9.17) is 11.5 Å². The van der Waals surface area contributed by atoms with Crippen molar-refractivity contribution in [2.75, 3.05) is 12.3 Å². The summed E-state index contributed by atoms with van der Waals surface area (Å²) in [6, 6.07) is 0.708. The Morgan fingerprint density at radius 1 is 1.30 bits per heavy atom. The highest BCUT2D eigenvalue weighted by atomic mass is 79.9. The Morgan fingerprint density at radius 2 is 2.09 bits per heavy atom. The number of carbonyl (C=O) groups is 1. The lowest BCUT2D eigenvalue weighted by Crippen LogP contribution is -2.51. The lowest BCUT2D eigenvalue weighted by molar-refractivity contribution is -0.123. The van der Waals surface area contributed by atoms with Crippen molar-refractivity contribution in [1.82, 2.24) is 19.4 Å². The van der Waals surface area contributed by atoms with E-state index in [-0.39, 0.29) is 11.9 Å². The number of fused-ring (bicyclic) bond motifs is 1. The zero-order chi connectivity index (χ0) is 16.1. The molecule has 23 heavy (non-hydrogen) atoms. The summed E-state index contributed by atoms with van der Waals surface area (Å²) in [6.45, 7) is 0.968. The van der Waals surface area contributed by atoms with Crippen LogP contribution in [0.2, 0.25) is 0 Å². The number of aromatic nitrogens is 3. The van der Waals surface area contributed by atoms with Gasteiger partial charge in [0.25, 0.3) is 0 Å². The van der Waals surface area contributed by atoms with Gasteiger partial charge in [-0.3, -0.25) is 9.69 Å². The van der Waals surface area contributed by atoms with Crippen LogP contribution in [0.3, 0.4) is 0 Å². The predicted octanol–water partition coefficient (Wildman–Crippen LogP) is 1.43. The molecular weight excluding hydrogens is 360 g/mol. The second-order valence-electron chi connectivity index (χ2n) is 6.42. The van der Waals surface area contributed by atoms with E-state index in [1.807, 2.05) is 6.20 Å². The first-order valence-electron chi connectivity index (χ1n) is 7.88. The van der Waals surface area contributed by atoms with Gasteiger partial charge in [0.05, 0.1) is 11.4 Å². The van der Waals surface area contributed by atoms with Gasteiger partial charge in [-0.05, 0) is 48.2 Å². The van der Waals surface area contributed by atoms with Gasteiger partial charge in [-0.15, -0.1) is 0 Å². The number of nitrogens with zero attached hydrogens (tertiary/aromatic N) is 4. The van der Waals surface area contributed by atoms with E-state index in [9.17, 15) is 4.79 Å². The Morgan fingerprint density at radius 3 is 2.83 bits per heavy atom. The quantitative estimate of drug-likeness (QED) is 0.840. The van der Waals surface area contributed by atoms with E-state index in [1.165, 1.54) is 6.33 Å². The number of nitrogen functional groups attached to an aromatic ring is 1. The third-order valence-corrected chi connectivity index (χ3v) is 5.77. The fraction of sp³-hybridized carbons (Fsp3) is 0.533. The van der Waals surface area contributed by atoms with E-state index in [1.54, 1.807) is 0 Å². The van der Waals surface area contributed by atoms with Crippen molar-refractivity contribution in [1.29, 1.82) is 0 Å². The molecule has 2 aromatic heterocycles. The van der Waals surface area contributed by atoms with Gasteiger partial charge in [-0.2, -0.15) is 0 Å². The summed E-state index contributed by atoms with van der Waals surface area (Å²) in [6.07, 6.45) is 7.48. The van der Waals surface area contributed by atoms with Gasteiger partial charge in [0, 0.05) is 22.8 Å². The summed E-state index contributed by atoms with van der Waals surface area (Å²) < 4.78 is 3.09. The molecule has 4 N–H and O–H groups in total. The highest BCUT2D eigenvalue weighted by molar-refractivity contribution is 9.10. The molecule has 1 saturated carbocycles. The Labute approximate surface area is 142 Å². The summed E-state index contributed by atoms with van der Waals surface area (Å²) in [5.74, 6) is 0.297. The number of carbonyl (C=O) groups excluding carboxylic acids is 1. The Balaban J connectivity index is 1.55. The van der Waals surface area contributed by atoms with Gasteiger partial charge in [0.15, 0.2) is 0 Å². The van der Waals surface area contributed by atoms with E-state index in [0.29, 0.717) is 17.9 Å². The van der Waals surface area contributed by atoms with Gasteiger partial charge >= 0.3 is 0 Å². The summed E-state index contributed by atoms with van der Waals surface area (Å²) in [5, 5.41) is 0.868. The molecule has 0 aromatic carbocycles. The molecule has 0 radical (unpaired) electrons. The fourth-order valence-electron chi connectivity index (χ4n) is 3.93. The highest BCUT2D eigenvalue weighted by Gasteiger charge is 2.41. The standard InChI is InChI=1S/C15H19BrN6O/c16-10-6-22(15-12(10)13(17)19-7-20-15)9-4-8(5-9)21-3-1-2-11(21)14(18)23/h6-9,11H,1-5H2,(H2,18,23)(H2,17,19,20)/t8?,9?,11-/m0/s1. The number of likely N-dealkylation sites (tertiary alicyclic amines) is 1. The van der Waals surface area contributed by atoms with Crippen LogP contribution >= 0.6 is 15.9 Å². The van der Waals surface area contributed by atoms with Crippen LogP contribution in [0.15, 0.2) is 17.0 Å². The zero-order valence-electron chi connectivity index (χ0n) is 12.7. The molecule has 2 aromatic rings. The van der Waals surface area contributed by atoms with Crippen molar-refractivity contribution in [2.24, 2.45) is 5.73 Å². The average molecular weight is 379 g/mol. The normalized spacial score (nSPS) is 28.1. The third kappa shape index (κ3) is 2.31. The van der Waals surface area contributed by atoms with Crippen molar-refractivity contribution < 1.29 is 4.79 Å². The minimum atomic E-state index is -0.194. The summed E-state index contributed by atoms with van der Waals surface area (Å²) in [7, 11) is 0. The maximum Gasteiger partial charge on any atom is 0.234 e. The minimum absolute atomic E-state index is 0.0907. The van der Waals surface area contributed by atoms with Gasteiger partial charge in [0.1, 0.15) is 17.8 Å². The summed E-state index contributed by atoms with van der Waals surface area (Å²) in [4.78, 5) is 22.3. The average Bonchev–Trinajstić information content (AvgIpc) is 3.04. The van der Waals surface area contributed by atoms with Crippen LogP contribution in [-0.2, 0) is 4.79 Å². The molecule has 1 amide bonds. The van der Waals surface area contributed by atoms with Crippen LogP contribution in [0.25, 0.3) is 11.0 Å². The minimum Gasteiger partial charge on any atom is -0.383 e. The molecule has 1 aliphatic heterocycles. The molecule has 0 unspecified atom stereocenters. The highest BCUT2D eigenvalue weighted by Crippen LogP contribution is 2.42. The lowest BCUT2D eigenvalue weighted by Gasteiger charge is -2.43. The number of hydrogen-bond donors (Lipinski definition) is 2. The van der Waals surface area contributed by atoms with Crippen LogP contribution in [0.4, 0.5) is 5.82 Å². The number of primary amides is 1. The second-order valence-corrected chi connectivity index (χ2v) is 7.27. The molecule has 3 heterocycles. The number of nitrogens with two attached hydrogens (primary N) is 2. The monoisotopic (exact) mass is 378 g/mol. The van der Waals surface area contributed by atoms with Crippen LogP contribution in [0.1, 0.15) is 31.7 Å². The van der Waals surface area contributed by atoms with Crippen LogP contribution in [-0.4, -0.2) is 44.0 Å². The number of rotatable bonds is 3. The molecular formula is C15H19BrN6O. The first kappa shape index (κ1) is 14.9. The maximum atomic E-state index is 11.6. The Hall–Kier alpha value is -1.67. The third-order valence-electron chi connectivity index (χ3n) is 5.17. The fourth-order valence-corrected chi connectivity index (χ4v) is 4.53. The number of halogens is 1.